The molecule has 2 nitrogen and oxygen atoms in total. The lowest BCUT2D eigenvalue weighted by Crippen LogP contribution is -2.06. The normalized spacial score (nSPS) is 12.2. The Balaban J connectivity index is 2.02. The molecule has 0 spiro atoms. The van der Waals surface area contributed by atoms with Gasteiger partial charge < -0.3 is 9.47 Å². The van der Waals surface area contributed by atoms with Crippen molar-refractivity contribution in [2.24, 2.45) is 0 Å². The maximum absolute atomic E-state index is 6.04. The summed E-state index contributed by atoms with van der Waals surface area (Å²) in [7, 11) is 1.67. The number of hydrogen-bond donors (Lipinski definition) is 0. The zero-order valence-electron chi connectivity index (χ0n) is 11.2. The highest BCUT2D eigenvalue weighted by atomic mass is 127. The zero-order valence-corrected chi connectivity index (χ0v) is 14.9. The van der Waals surface area contributed by atoms with E-state index in [2.05, 4.69) is 44.6 Å². The van der Waals surface area contributed by atoms with Gasteiger partial charge in [0.05, 0.1) is 19.8 Å². The van der Waals surface area contributed by atoms with Gasteiger partial charge in [-0.1, -0.05) is 68.9 Å². The third kappa shape index (κ3) is 4.20. The maximum atomic E-state index is 6.04. The number of halogens is 2. The predicted molar refractivity (Wildman–Crippen MR) is 93.6 cm³/mol. The van der Waals surface area contributed by atoms with Gasteiger partial charge in [-0.05, 0) is 29.3 Å². The summed E-state index contributed by atoms with van der Waals surface area (Å²) in [4.78, 5) is 0. The molecule has 20 heavy (non-hydrogen) atoms. The first-order chi connectivity index (χ1) is 9.74. The van der Waals surface area contributed by atoms with Crippen molar-refractivity contribution >= 4 is 38.5 Å². The molecule has 0 saturated carbocycles. The van der Waals surface area contributed by atoms with Gasteiger partial charge in [0, 0.05) is 8.90 Å². The van der Waals surface area contributed by atoms with Crippen LogP contribution in [0.15, 0.2) is 53.0 Å². The SMILES string of the molecule is COc1ccc(COC(CI)c2ccccc2Br)cc1. The minimum absolute atomic E-state index is 0.0910. The van der Waals surface area contributed by atoms with Crippen molar-refractivity contribution in [3.05, 3.63) is 64.1 Å². The number of hydrogen-bond acceptors (Lipinski definition) is 2. The molecule has 0 aliphatic carbocycles. The number of alkyl halides is 1. The molecular weight excluding hydrogens is 431 g/mol. The van der Waals surface area contributed by atoms with Gasteiger partial charge in [0.25, 0.3) is 0 Å². The van der Waals surface area contributed by atoms with E-state index < -0.39 is 0 Å². The molecule has 0 fully saturated rings. The molecule has 0 aliphatic rings. The second-order valence-electron chi connectivity index (χ2n) is 4.32. The van der Waals surface area contributed by atoms with Crippen LogP contribution in [0.4, 0.5) is 0 Å². The van der Waals surface area contributed by atoms with E-state index in [1.807, 2.05) is 42.5 Å². The van der Waals surface area contributed by atoms with E-state index in [4.69, 9.17) is 9.47 Å². The van der Waals surface area contributed by atoms with E-state index in [0.29, 0.717) is 6.61 Å². The van der Waals surface area contributed by atoms with Crippen LogP contribution in [0.2, 0.25) is 0 Å². The highest BCUT2D eigenvalue weighted by Gasteiger charge is 2.13. The fourth-order valence-electron chi connectivity index (χ4n) is 1.87. The fourth-order valence-corrected chi connectivity index (χ4v) is 3.14. The van der Waals surface area contributed by atoms with E-state index >= 15 is 0 Å². The summed E-state index contributed by atoms with van der Waals surface area (Å²) in [6.45, 7) is 0.596. The van der Waals surface area contributed by atoms with E-state index in [-0.39, 0.29) is 6.10 Å². The molecule has 0 N–H and O–H groups in total. The molecule has 2 rings (SSSR count). The van der Waals surface area contributed by atoms with Crippen LogP contribution in [-0.2, 0) is 11.3 Å². The van der Waals surface area contributed by atoms with Gasteiger partial charge in [-0.3, -0.25) is 0 Å². The van der Waals surface area contributed by atoms with Crippen molar-refractivity contribution in [1.29, 1.82) is 0 Å². The van der Waals surface area contributed by atoms with Crippen molar-refractivity contribution in [3.8, 4) is 5.75 Å². The first kappa shape index (κ1) is 15.8. The third-order valence-corrected chi connectivity index (χ3v) is 4.52. The van der Waals surface area contributed by atoms with Gasteiger partial charge in [0.2, 0.25) is 0 Å². The number of rotatable bonds is 6. The molecule has 4 heteroatoms. The van der Waals surface area contributed by atoms with Gasteiger partial charge in [0.15, 0.2) is 0 Å². The van der Waals surface area contributed by atoms with Crippen molar-refractivity contribution in [3.63, 3.8) is 0 Å². The Hall–Kier alpha value is -0.590. The van der Waals surface area contributed by atoms with Crippen molar-refractivity contribution in [2.75, 3.05) is 11.5 Å². The largest absolute Gasteiger partial charge is 0.497 e. The van der Waals surface area contributed by atoms with Crippen LogP contribution in [0.3, 0.4) is 0 Å². The minimum Gasteiger partial charge on any atom is -0.497 e. The summed E-state index contributed by atoms with van der Waals surface area (Å²) < 4.78 is 13.2. The highest BCUT2D eigenvalue weighted by molar-refractivity contribution is 14.1. The fraction of sp³-hybridized carbons (Fsp3) is 0.250. The Bertz CT molecular complexity index is 542. The van der Waals surface area contributed by atoms with E-state index in [1.54, 1.807) is 7.11 Å². The van der Waals surface area contributed by atoms with Crippen molar-refractivity contribution in [2.45, 2.75) is 12.7 Å². The molecule has 0 aliphatic heterocycles. The minimum atomic E-state index is 0.0910. The first-order valence-electron chi connectivity index (χ1n) is 6.29. The third-order valence-electron chi connectivity index (χ3n) is 3.00. The summed E-state index contributed by atoms with van der Waals surface area (Å²) in [6.07, 6.45) is 0.0910. The highest BCUT2D eigenvalue weighted by Crippen LogP contribution is 2.28. The van der Waals surface area contributed by atoms with Crippen LogP contribution < -0.4 is 4.74 Å². The molecular formula is C16H16BrIO2. The van der Waals surface area contributed by atoms with E-state index in [9.17, 15) is 0 Å². The Morgan fingerprint density at radius 3 is 2.40 bits per heavy atom. The Morgan fingerprint density at radius 1 is 1.10 bits per heavy atom. The molecule has 0 amide bonds. The molecule has 0 bridgehead atoms. The van der Waals surface area contributed by atoms with Gasteiger partial charge in [-0.25, -0.2) is 0 Å². The van der Waals surface area contributed by atoms with Gasteiger partial charge in [0.1, 0.15) is 5.75 Å². The van der Waals surface area contributed by atoms with E-state index in [0.717, 1.165) is 20.2 Å². The summed E-state index contributed by atoms with van der Waals surface area (Å²) in [5.41, 5.74) is 2.34. The quantitative estimate of drug-likeness (QED) is 0.451. The Kier molecular flexibility index (Phi) is 6.32. The van der Waals surface area contributed by atoms with Gasteiger partial charge in [-0.2, -0.15) is 0 Å². The second-order valence-corrected chi connectivity index (χ2v) is 6.06. The van der Waals surface area contributed by atoms with Gasteiger partial charge in [-0.15, -0.1) is 0 Å². The first-order valence-corrected chi connectivity index (χ1v) is 8.61. The molecule has 106 valence electrons. The molecule has 2 aromatic rings. The van der Waals surface area contributed by atoms with Crippen LogP contribution in [0.25, 0.3) is 0 Å². The van der Waals surface area contributed by atoms with E-state index in [1.165, 1.54) is 5.56 Å². The summed E-state index contributed by atoms with van der Waals surface area (Å²) in [5.74, 6) is 0.866. The zero-order chi connectivity index (χ0) is 14.4. The monoisotopic (exact) mass is 446 g/mol. The molecule has 1 atom stereocenters. The predicted octanol–water partition coefficient (Wildman–Crippen LogP) is 5.15. The maximum Gasteiger partial charge on any atom is 0.118 e. The molecule has 1 unspecified atom stereocenters. The average Bonchev–Trinajstić information content (AvgIpc) is 2.50. The molecule has 0 aromatic heterocycles. The smallest absolute Gasteiger partial charge is 0.118 e. The lowest BCUT2D eigenvalue weighted by Gasteiger charge is -2.17. The number of ether oxygens (including phenoxy) is 2. The van der Waals surface area contributed by atoms with Gasteiger partial charge >= 0.3 is 0 Å². The van der Waals surface area contributed by atoms with Crippen LogP contribution in [0.1, 0.15) is 17.2 Å². The topological polar surface area (TPSA) is 18.5 Å². The van der Waals surface area contributed by atoms with Crippen LogP contribution in [0, 0.1) is 0 Å². The lowest BCUT2D eigenvalue weighted by atomic mass is 10.1. The summed E-state index contributed by atoms with van der Waals surface area (Å²) >= 11 is 5.94. The standard InChI is InChI=1S/C16H16BrIO2/c1-19-13-8-6-12(7-9-13)11-20-16(10-18)14-4-2-3-5-15(14)17/h2-9,16H,10-11H2,1H3. The van der Waals surface area contributed by atoms with Crippen molar-refractivity contribution in [1.82, 2.24) is 0 Å². The second kappa shape index (κ2) is 8.00. The Labute approximate surface area is 141 Å². The molecule has 2 aromatic carbocycles. The van der Waals surface area contributed by atoms with Crippen LogP contribution >= 0.6 is 38.5 Å². The molecule has 0 heterocycles. The summed E-state index contributed by atoms with van der Waals surface area (Å²) in [5, 5.41) is 0. The average molecular weight is 447 g/mol. The number of methoxy groups -OCH3 is 1. The number of benzene rings is 2. The van der Waals surface area contributed by atoms with Crippen LogP contribution in [-0.4, -0.2) is 11.5 Å². The molecule has 0 saturated heterocycles. The van der Waals surface area contributed by atoms with Crippen molar-refractivity contribution < 1.29 is 9.47 Å². The summed E-state index contributed by atoms with van der Waals surface area (Å²) in [6, 6.07) is 16.2. The lowest BCUT2D eigenvalue weighted by molar-refractivity contribution is 0.0572. The van der Waals surface area contributed by atoms with Crippen LogP contribution in [0.5, 0.6) is 5.75 Å². The molecule has 0 radical (unpaired) electrons. The Morgan fingerprint density at radius 2 is 1.80 bits per heavy atom.